The van der Waals surface area contributed by atoms with E-state index in [-0.39, 0.29) is 30.3 Å². The molecule has 2 heterocycles. The van der Waals surface area contributed by atoms with Gasteiger partial charge in [-0.25, -0.2) is 4.79 Å². The molecule has 0 radical (unpaired) electrons. The van der Waals surface area contributed by atoms with Gasteiger partial charge >= 0.3 is 5.97 Å². The molecule has 0 aromatic rings. The van der Waals surface area contributed by atoms with Crippen LogP contribution >= 0.6 is 0 Å². The Bertz CT molecular complexity index is 1030. The molecule has 10 heteroatoms. The average Bonchev–Trinajstić information content (AvgIpc) is 3.43. The Kier molecular flexibility index (Phi) is 6.61. The van der Waals surface area contributed by atoms with Crippen LogP contribution in [0.4, 0.5) is 0 Å². The van der Waals surface area contributed by atoms with E-state index in [4.69, 9.17) is 14.2 Å². The Balaban J connectivity index is 1.22. The fourth-order valence-corrected chi connectivity index (χ4v) is 9.78. The maximum atomic E-state index is 12.4. The molecule has 10 nitrogen and oxygen atoms in total. The third kappa shape index (κ3) is 3.79. The molecule has 6 aliphatic rings. The van der Waals surface area contributed by atoms with Crippen LogP contribution in [0.2, 0.25) is 0 Å². The van der Waals surface area contributed by atoms with Crippen molar-refractivity contribution in [1.29, 1.82) is 0 Å². The summed E-state index contributed by atoms with van der Waals surface area (Å²) in [6.45, 7) is 5.86. The molecule has 14 unspecified atom stereocenters. The molecule has 6 rings (SSSR count). The fraction of sp³-hybridized carbons (Fsp3) is 0.897. The van der Waals surface area contributed by atoms with Crippen LogP contribution in [-0.2, 0) is 19.0 Å². The average molecular weight is 553 g/mol. The third-order valence-electron chi connectivity index (χ3n) is 12.3. The summed E-state index contributed by atoms with van der Waals surface area (Å²) in [5.74, 6) is -0.709. The summed E-state index contributed by atoms with van der Waals surface area (Å²) in [7, 11) is 0. The molecule has 0 spiro atoms. The van der Waals surface area contributed by atoms with E-state index in [2.05, 4.69) is 6.92 Å². The molecule has 5 fully saturated rings. The van der Waals surface area contributed by atoms with Crippen LogP contribution in [0.15, 0.2) is 11.6 Å². The Labute approximate surface area is 229 Å². The van der Waals surface area contributed by atoms with Crippen LogP contribution in [0.25, 0.3) is 0 Å². The number of hydrogen-bond donors (Lipinski definition) is 6. The second-order valence-corrected chi connectivity index (χ2v) is 13.8. The third-order valence-corrected chi connectivity index (χ3v) is 12.3. The van der Waals surface area contributed by atoms with Gasteiger partial charge in [0.2, 0.25) is 0 Å². The lowest BCUT2D eigenvalue weighted by molar-refractivity contribution is -0.321. The monoisotopic (exact) mass is 552 g/mol. The van der Waals surface area contributed by atoms with Crippen LogP contribution in [0.3, 0.4) is 0 Å². The van der Waals surface area contributed by atoms with Crippen molar-refractivity contribution in [1.82, 2.24) is 0 Å². The van der Waals surface area contributed by atoms with E-state index in [0.29, 0.717) is 51.4 Å². The first kappa shape index (κ1) is 28.0. The predicted octanol–water partition coefficient (Wildman–Crippen LogP) is 0.542. The SMILES string of the molecule is CC1OC(OC2CCC3(C)C4CC(O)C5(C)C(C6=CC(=O)OC6)CCC5(O)C4CCC3(O)C2)C(O)C(O)C1O. The highest BCUT2D eigenvalue weighted by molar-refractivity contribution is 5.85. The molecule has 0 bridgehead atoms. The lowest BCUT2D eigenvalue weighted by Gasteiger charge is -2.67. The Morgan fingerprint density at radius 1 is 0.949 bits per heavy atom. The van der Waals surface area contributed by atoms with E-state index >= 15 is 0 Å². The van der Waals surface area contributed by atoms with E-state index in [9.17, 15) is 35.4 Å². The molecular formula is C29H44O10. The minimum absolute atomic E-state index is 0.0988. The molecule has 220 valence electrons. The smallest absolute Gasteiger partial charge is 0.331 e. The zero-order valence-electron chi connectivity index (χ0n) is 23.0. The topological polar surface area (TPSA) is 166 Å². The van der Waals surface area contributed by atoms with Gasteiger partial charge in [-0.05, 0) is 80.6 Å². The normalized spacial score (nSPS) is 57.3. The van der Waals surface area contributed by atoms with Crippen LogP contribution in [-0.4, -0.2) is 97.3 Å². The number of hydrogen-bond acceptors (Lipinski definition) is 10. The van der Waals surface area contributed by atoms with Gasteiger partial charge in [0, 0.05) is 17.9 Å². The molecule has 4 saturated carbocycles. The molecule has 1 saturated heterocycles. The molecule has 4 aliphatic carbocycles. The van der Waals surface area contributed by atoms with Crippen molar-refractivity contribution in [3.05, 3.63) is 11.6 Å². The summed E-state index contributed by atoms with van der Waals surface area (Å²) < 4.78 is 16.9. The summed E-state index contributed by atoms with van der Waals surface area (Å²) in [5, 5.41) is 66.8. The maximum Gasteiger partial charge on any atom is 0.331 e. The van der Waals surface area contributed by atoms with Crippen LogP contribution in [0.5, 0.6) is 0 Å². The quantitative estimate of drug-likeness (QED) is 0.215. The van der Waals surface area contributed by atoms with E-state index in [1.807, 2.05) is 6.92 Å². The summed E-state index contributed by atoms with van der Waals surface area (Å²) in [6.07, 6.45) is -1.27. The van der Waals surface area contributed by atoms with Crippen LogP contribution in [0.1, 0.15) is 72.1 Å². The first-order valence-corrected chi connectivity index (χ1v) is 14.6. The molecule has 14 atom stereocenters. The van der Waals surface area contributed by atoms with Gasteiger partial charge in [-0.2, -0.15) is 0 Å². The second kappa shape index (κ2) is 9.19. The molecular weight excluding hydrogens is 508 g/mol. The van der Waals surface area contributed by atoms with Gasteiger partial charge < -0.3 is 44.8 Å². The zero-order chi connectivity index (χ0) is 28.1. The molecule has 6 N–H and O–H groups in total. The minimum atomic E-state index is -1.40. The summed E-state index contributed by atoms with van der Waals surface area (Å²) in [4.78, 5) is 11.8. The standard InChI is InChI=1S/C29H44O10/c1-14-22(32)23(33)24(34)25(38-14)39-16-4-7-26(2)19-11-20(30)27(3)17(15-10-21(31)37-13-15)6-9-29(27,36)18(19)5-8-28(26,35)12-16/h10,14,16-20,22-25,30,32-36H,4-9,11-13H2,1-3H3. The number of aliphatic hydroxyl groups excluding tert-OH is 4. The second-order valence-electron chi connectivity index (χ2n) is 13.8. The summed E-state index contributed by atoms with van der Waals surface area (Å²) in [6, 6.07) is 0. The van der Waals surface area contributed by atoms with Crippen molar-refractivity contribution in [3.8, 4) is 0 Å². The molecule has 2 aliphatic heterocycles. The van der Waals surface area contributed by atoms with Gasteiger partial charge in [-0.15, -0.1) is 0 Å². The number of ether oxygens (including phenoxy) is 3. The number of carbonyl (C=O) groups excluding carboxylic acids is 1. The first-order valence-electron chi connectivity index (χ1n) is 14.6. The van der Waals surface area contributed by atoms with Gasteiger partial charge in [-0.1, -0.05) is 13.8 Å². The van der Waals surface area contributed by atoms with Crippen molar-refractivity contribution in [2.45, 2.75) is 126 Å². The van der Waals surface area contributed by atoms with Crippen LogP contribution in [0, 0.1) is 28.6 Å². The lowest BCUT2D eigenvalue weighted by Crippen LogP contribution is -2.70. The fourth-order valence-electron chi connectivity index (χ4n) is 9.78. The number of aliphatic hydroxyl groups is 6. The first-order chi connectivity index (χ1) is 18.2. The van der Waals surface area contributed by atoms with Gasteiger partial charge in [0.15, 0.2) is 6.29 Å². The van der Waals surface area contributed by atoms with Crippen molar-refractivity contribution in [2.24, 2.45) is 28.6 Å². The highest BCUT2D eigenvalue weighted by Gasteiger charge is 2.72. The molecule has 39 heavy (non-hydrogen) atoms. The van der Waals surface area contributed by atoms with Crippen molar-refractivity contribution < 1.29 is 49.6 Å². The van der Waals surface area contributed by atoms with Crippen molar-refractivity contribution >= 4 is 5.97 Å². The number of rotatable bonds is 3. The highest BCUT2D eigenvalue weighted by atomic mass is 16.7. The molecule has 0 aromatic heterocycles. The van der Waals surface area contributed by atoms with E-state index < -0.39 is 64.9 Å². The van der Waals surface area contributed by atoms with Crippen molar-refractivity contribution in [2.75, 3.05) is 6.61 Å². The highest BCUT2D eigenvalue weighted by Crippen LogP contribution is 2.70. The number of cyclic esters (lactones) is 1. The minimum Gasteiger partial charge on any atom is -0.458 e. The Morgan fingerprint density at radius 2 is 1.69 bits per heavy atom. The predicted molar refractivity (Wildman–Crippen MR) is 136 cm³/mol. The van der Waals surface area contributed by atoms with Crippen molar-refractivity contribution in [3.63, 3.8) is 0 Å². The molecule has 0 amide bonds. The molecule has 0 aromatic carbocycles. The van der Waals surface area contributed by atoms with Gasteiger partial charge in [0.1, 0.15) is 24.9 Å². The van der Waals surface area contributed by atoms with E-state index in [1.54, 1.807) is 6.92 Å². The lowest BCUT2D eigenvalue weighted by atomic mass is 9.41. The Morgan fingerprint density at radius 3 is 2.38 bits per heavy atom. The zero-order valence-corrected chi connectivity index (χ0v) is 23.0. The Hall–Kier alpha value is -1.11. The van der Waals surface area contributed by atoms with Gasteiger partial charge in [0.05, 0.1) is 29.5 Å². The maximum absolute atomic E-state index is 12.4. The number of fused-ring (bicyclic) bond motifs is 5. The summed E-state index contributed by atoms with van der Waals surface area (Å²) >= 11 is 0. The van der Waals surface area contributed by atoms with E-state index in [0.717, 1.165) is 5.57 Å². The number of esters is 1. The summed E-state index contributed by atoms with van der Waals surface area (Å²) in [5.41, 5.74) is -2.75. The van der Waals surface area contributed by atoms with E-state index in [1.165, 1.54) is 6.08 Å². The largest absolute Gasteiger partial charge is 0.458 e. The van der Waals surface area contributed by atoms with Crippen LogP contribution < -0.4 is 0 Å². The van der Waals surface area contributed by atoms with Gasteiger partial charge in [-0.3, -0.25) is 0 Å². The number of carbonyl (C=O) groups is 1. The van der Waals surface area contributed by atoms with Gasteiger partial charge in [0.25, 0.3) is 0 Å².